The van der Waals surface area contributed by atoms with E-state index in [0.29, 0.717) is 18.8 Å². The summed E-state index contributed by atoms with van der Waals surface area (Å²) >= 11 is 0. The summed E-state index contributed by atoms with van der Waals surface area (Å²) in [6.07, 6.45) is 2.24. The van der Waals surface area contributed by atoms with Crippen molar-refractivity contribution in [3.63, 3.8) is 0 Å². The van der Waals surface area contributed by atoms with Gasteiger partial charge in [0.25, 0.3) is 0 Å². The molecule has 0 spiro atoms. The number of amides is 1. The van der Waals surface area contributed by atoms with Crippen molar-refractivity contribution in [3.05, 3.63) is 76.9 Å². The molecule has 0 bridgehead atoms. The molecular formula is C23H27FN6O. The summed E-state index contributed by atoms with van der Waals surface area (Å²) in [7, 11) is 0. The number of nitrogens with one attached hydrogen (secondary N) is 1. The summed E-state index contributed by atoms with van der Waals surface area (Å²) in [5.41, 5.74) is 3.55. The Morgan fingerprint density at radius 2 is 2.03 bits per heavy atom. The molecule has 1 N–H and O–H groups in total. The second-order valence-electron chi connectivity index (χ2n) is 7.96. The second-order valence-corrected chi connectivity index (χ2v) is 7.96. The fraction of sp³-hybridized carbons (Fsp3) is 0.391. The highest BCUT2D eigenvalue weighted by Gasteiger charge is 2.24. The Balaban J connectivity index is 1.32. The minimum atomic E-state index is -0.626. The third-order valence-electron chi connectivity index (χ3n) is 5.73. The van der Waals surface area contributed by atoms with Crippen molar-refractivity contribution in [1.29, 1.82) is 0 Å². The average molecular weight is 423 g/mol. The van der Waals surface area contributed by atoms with Gasteiger partial charge >= 0.3 is 0 Å². The first-order valence-corrected chi connectivity index (χ1v) is 10.7. The van der Waals surface area contributed by atoms with E-state index < -0.39 is 6.04 Å². The highest BCUT2D eigenvalue weighted by molar-refractivity contribution is 5.80. The molecule has 3 aromatic rings. The van der Waals surface area contributed by atoms with Gasteiger partial charge in [-0.25, -0.2) is 9.07 Å². The van der Waals surface area contributed by atoms with E-state index in [2.05, 4.69) is 50.0 Å². The smallest absolute Gasteiger partial charge is 0.245 e. The quantitative estimate of drug-likeness (QED) is 0.565. The van der Waals surface area contributed by atoms with E-state index in [-0.39, 0.29) is 11.7 Å². The molecule has 1 aliphatic rings. The van der Waals surface area contributed by atoms with Gasteiger partial charge in [0.1, 0.15) is 17.7 Å². The molecule has 7 nitrogen and oxygen atoms in total. The second kappa shape index (κ2) is 9.78. The molecule has 0 fully saturated rings. The molecule has 0 saturated carbocycles. The van der Waals surface area contributed by atoms with Crippen molar-refractivity contribution >= 4 is 5.91 Å². The molecule has 8 heteroatoms. The largest absolute Gasteiger partial charge is 0.354 e. The molecule has 1 atom stereocenters. The maximum Gasteiger partial charge on any atom is 0.245 e. The maximum absolute atomic E-state index is 13.6. The lowest BCUT2D eigenvalue weighted by Gasteiger charge is -2.28. The Morgan fingerprint density at radius 3 is 2.81 bits per heavy atom. The zero-order chi connectivity index (χ0) is 21.6. The van der Waals surface area contributed by atoms with Crippen molar-refractivity contribution < 1.29 is 9.18 Å². The van der Waals surface area contributed by atoms with Crippen LogP contribution < -0.4 is 5.32 Å². The minimum Gasteiger partial charge on any atom is -0.354 e. The maximum atomic E-state index is 13.6. The number of carbonyl (C=O) groups is 1. The standard InChI is InChI=1S/C23H27FN6O/c1-17-26-27-28-30(17)22(15-18-6-4-9-21(24)14-18)23(31)25-11-5-12-29-13-10-19-7-2-3-8-20(19)16-29/h2-4,6-9,14,22H,5,10-13,15-16H2,1H3,(H,25,31)/t22-/m0/s1. The number of tetrazole rings is 1. The van der Waals surface area contributed by atoms with Crippen LogP contribution in [0.3, 0.4) is 0 Å². The molecule has 0 radical (unpaired) electrons. The predicted octanol–water partition coefficient (Wildman–Crippen LogP) is 2.47. The Bertz CT molecular complexity index is 1040. The van der Waals surface area contributed by atoms with Crippen LogP contribution in [-0.4, -0.2) is 50.6 Å². The van der Waals surface area contributed by atoms with Crippen LogP contribution in [0.2, 0.25) is 0 Å². The number of nitrogens with zero attached hydrogens (tertiary/aromatic N) is 5. The van der Waals surface area contributed by atoms with Crippen molar-refractivity contribution in [1.82, 2.24) is 30.4 Å². The number of aryl methyl sites for hydroxylation is 1. The molecule has 0 unspecified atom stereocenters. The lowest BCUT2D eigenvalue weighted by Crippen LogP contribution is -2.37. The van der Waals surface area contributed by atoms with Gasteiger partial charge in [0.05, 0.1) is 0 Å². The molecular weight excluding hydrogens is 395 g/mol. The van der Waals surface area contributed by atoms with Crippen LogP contribution in [0.25, 0.3) is 0 Å². The van der Waals surface area contributed by atoms with Gasteiger partial charge in [-0.3, -0.25) is 9.69 Å². The van der Waals surface area contributed by atoms with E-state index in [1.54, 1.807) is 19.1 Å². The van der Waals surface area contributed by atoms with E-state index >= 15 is 0 Å². The van der Waals surface area contributed by atoms with Crippen LogP contribution in [0.1, 0.15) is 35.0 Å². The van der Waals surface area contributed by atoms with Gasteiger partial charge in [-0.15, -0.1) is 5.10 Å². The lowest BCUT2D eigenvalue weighted by atomic mass is 10.00. The summed E-state index contributed by atoms with van der Waals surface area (Å²) in [4.78, 5) is 15.4. The number of hydrogen-bond donors (Lipinski definition) is 1. The molecule has 31 heavy (non-hydrogen) atoms. The molecule has 2 heterocycles. The topological polar surface area (TPSA) is 75.9 Å². The van der Waals surface area contributed by atoms with Gasteiger partial charge in [0, 0.05) is 32.6 Å². The zero-order valence-corrected chi connectivity index (χ0v) is 17.7. The van der Waals surface area contributed by atoms with Crippen molar-refractivity contribution in [2.75, 3.05) is 19.6 Å². The number of benzene rings is 2. The van der Waals surface area contributed by atoms with Crippen LogP contribution >= 0.6 is 0 Å². The van der Waals surface area contributed by atoms with Gasteiger partial charge in [0.15, 0.2) is 0 Å². The van der Waals surface area contributed by atoms with Crippen LogP contribution in [0.15, 0.2) is 48.5 Å². The van der Waals surface area contributed by atoms with Crippen LogP contribution in [0.5, 0.6) is 0 Å². The molecule has 1 aliphatic heterocycles. The Labute approximate surface area is 181 Å². The van der Waals surface area contributed by atoms with Crippen LogP contribution in [0.4, 0.5) is 4.39 Å². The van der Waals surface area contributed by atoms with E-state index in [0.717, 1.165) is 38.0 Å². The molecule has 162 valence electrons. The average Bonchev–Trinajstić information content (AvgIpc) is 3.20. The van der Waals surface area contributed by atoms with Gasteiger partial charge in [-0.2, -0.15) is 0 Å². The van der Waals surface area contributed by atoms with Crippen LogP contribution in [0, 0.1) is 12.7 Å². The summed E-state index contributed by atoms with van der Waals surface area (Å²) in [5, 5.41) is 14.5. The van der Waals surface area contributed by atoms with Crippen molar-refractivity contribution in [2.24, 2.45) is 0 Å². The fourth-order valence-corrected chi connectivity index (χ4v) is 4.08. The summed E-state index contributed by atoms with van der Waals surface area (Å²) < 4.78 is 15.1. The normalized spacial score (nSPS) is 14.8. The number of fused-ring (bicyclic) bond motifs is 1. The van der Waals surface area contributed by atoms with Gasteiger partial charge in [-0.1, -0.05) is 36.4 Å². The van der Waals surface area contributed by atoms with Crippen molar-refractivity contribution in [3.8, 4) is 0 Å². The van der Waals surface area contributed by atoms with E-state index in [1.165, 1.54) is 27.9 Å². The van der Waals surface area contributed by atoms with E-state index in [4.69, 9.17) is 0 Å². The number of halogens is 1. The summed E-state index contributed by atoms with van der Waals surface area (Å²) in [6.45, 7) is 5.23. The lowest BCUT2D eigenvalue weighted by molar-refractivity contribution is -0.124. The van der Waals surface area contributed by atoms with Crippen molar-refractivity contribution in [2.45, 2.75) is 38.8 Å². The van der Waals surface area contributed by atoms with Gasteiger partial charge in [0.2, 0.25) is 5.91 Å². The summed E-state index contributed by atoms with van der Waals surface area (Å²) in [5.74, 6) is 0.0559. The number of carbonyl (C=O) groups excluding carboxylic acids is 1. The highest BCUT2D eigenvalue weighted by atomic mass is 19.1. The molecule has 1 amide bonds. The Morgan fingerprint density at radius 1 is 1.19 bits per heavy atom. The van der Waals surface area contributed by atoms with Gasteiger partial charge < -0.3 is 5.32 Å². The number of aromatic nitrogens is 4. The number of hydrogen-bond acceptors (Lipinski definition) is 5. The first-order valence-electron chi connectivity index (χ1n) is 10.7. The van der Waals surface area contributed by atoms with E-state index in [9.17, 15) is 9.18 Å². The molecule has 4 rings (SSSR count). The number of rotatable bonds is 8. The van der Waals surface area contributed by atoms with Gasteiger partial charge in [-0.05, 0) is 59.0 Å². The Kier molecular flexibility index (Phi) is 6.66. The molecule has 0 saturated heterocycles. The SMILES string of the molecule is Cc1nnnn1[C@@H](Cc1cccc(F)c1)C(=O)NCCCN1CCc2ccccc2C1. The molecule has 0 aliphatic carbocycles. The zero-order valence-electron chi connectivity index (χ0n) is 17.7. The third kappa shape index (κ3) is 5.32. The fourth-order valence-electron chi connectivity index (χ4n) is 4.08. The first kappa shape index (κ1) is 21.1. The third-order valence-corrected chi connectivity index (χ3v) is 5.73. The predicted molar refractivity (Wildman–Crippen MR) is 115 cm³/mol. The minimum absolute atomic E-state index is 0.163. The highest BCUT2D eigenvalue weighted by Crippen LogP contribution is 2.19. The first-order chi connectivity index (χ1) is 15.1. The monoisotopic (exact) mass is 422 g/mol. The van der Waals surface area contributed by atoms with E-state index in [1.807, 2.05) is 0 Å². The molecule has 1 aromatic heterocycles. The van der Waals surface area contributed by atoms with Crippen LogP contribution in [-0.2, 0) is 24.2 Å². The Hall–Kier alpha value is -3.13. The summed E-state index contributed by atoms with van der Waals surface area (Å²) in [6, 6.07) is 14.2. The molecule has 2 aromatic carbocycles.